The Morgan fingerprint density at radius 3 is 2.76 bits per heavy atom. The highest BCUT2D eigenvalue weighted by molar-refractivity contribution is 5.68. The summed E-state index contributed by atoms with van der Waals surface area (Å²) in [5.74, 6) is 0.668. The summed E-state index contributed by atoms with van der Waals surface area (Å²) in [5, 5.41) is 0. The first-order valence-corrected chi connectivity index (χ1v) is 7.12. The molecule has 1 atom stereocenters. The first-order valence-electron chi connectivity index (χ1n) is 7.12. The van der Waals surface area contributed by atoms with Crippen LogP contribution in [0.15, 0.2) is 6.20 Å². The second kappa shape index (κ2) is 5.75. The number of carbonyl (C=O) groups is 1. The number of hydrogen-bond acceptors (Lipinski definition) is 6. The minimum atomic E-state index is -0.493. The van der Waals surface area contributed by atoms with Gasteiger partial charge in [-0.25, -0.2) is 9.78 Å². The van der Waals surface area contributed by atoms with Gasteiger partial charge in [-0.15, -0.1) is 0 Å². The molecule has 1 aliphatic rings. The average Bonchev–Trinajstić information content (AvgIpc) is 2.37. The lowest BCUT2D eigenvalue weighted by Crippen LogP contribution is -2.42. The van der Waals surface area contributed by atoms with Crippen LogP contribution in [0.3, 0.4) is 0 Å². The number of rotatable bonds is 1. The quantitative estimate of drug-likeness (QED) is 0.816. The lowest BCUT2D eigenvalue weighted by atomic mass is 9.92. The second-order valence-electron chi connectivity index (χ2n) is 6.33. The minimum Gasteiger partial charge on any atom is -0.444 e. The van der Waals surface area contributed by atoms with Crippen molar-refractivity contribution in [3.63, 3.8) is 0 Å². The fourth-order valence-corrected chi connectivity index (χ4v) is 2.46. The minimum absolute atomic E-state index is 0.117. The van der Waals surface area contributed by atoms with Crippen molar-refractivity contribution in [2.24, 2.45) is 0 Å². The van der Waals surface area contributed by atoms with Crippen molar-refractivity contribution in [3.05, 3.63) is 11.8 Å². The fourth-order valence-electron chi connectivity index (χ4n) is 2.46. The number of aromatic nitrogens is 2. The van der Waals surface area contributed by atoms with Gasteiger partial charge in [-0.2, -0.15) is 4.98 Å². The summed E-state index contributed by atoms with van der Waals surface area (Å²) in [7, 11) is 0. The van der Waals surface area contributed by atoms with Crippen LogP contribution < -0.4 is 11.5 Å². The van der Waals surface area contributed by atoms with Crippen LogP contribution in [0.25, 0.3) is 0 Å². The van der Waals surface area contributed by atoms with E-state index in [0.29, 0.717) is 18.9 Å². The lowest BCUT2D eigenvalue weighted by molar-refractivity contribution is 0.0198. The van der Waals surface area contributed by atoms with Crippen molar-refractivity contribution in [1.82, 2.24) is 14.9 Å². The van der Waals surface area contributed by atoms with Crippen molar-refractivity contribution < 1.29 is 9.53 Å². The number of nitrogens with two attached hydrogens (primary N) is 2. The number of hydrogen-bond donors (Lipinski definition) is 2. The Morgan fingerprint density at radius 1 is 1.43 bits per heavy atom. The van der Waals surface area contributed by atoms with Gasteiger partial charge in [-0.3, -0.25) is 0 Å². The molecular weight excluding hydrogens is 270 g/mol. The van der Waals surface area contributed by atoms with Crippen molar-refractivity contribution in [3.8, 4) is 0 Å². The van der Waals surface area contributed by atoms with E-state index >= 15 is 0 Å². The monoisotopic (exact) mass is 293 g/mol. The summed E-state index contributed by atoms with van der Waals surface area (Å²) < 4.78 is 5.42. The zero-order valence-electron chi connectivity index (χ0n) is 12.8. The largest absolute Gasteiger partial charge is 0.444 e. The van der Waals surface area contributed by atoms with Crippen LogP contribution in [0.1, 0.15) is 45.1 Å². The summed E-state index contributed by atoms with van der Waals surface area (Å²) in [6, 6.07) is 0. The van der Waals surface area contributed by atoms with Crippen LogP contribution in [0.4, 0.5) is 16.6 Å². The Morgan fingerprint density at radius 2 is 2.14 bits per heavy atom. The molecule has 1 aromatic rings. The smallest absolute Gasteiger partial charge is 0.410 e. The predicted octanol–water partition coefficient (Wildman–Crippen LogP) is 1.76. The highest BCUT2D eigenvalue weighted by atomic mass is 16.6. The summed E-state index contributed by atoms with van der Waals surface area (Å²) in [6.07, 6.45) is 3.20. The van der Waals surface area contributed by atoms with E-state index in [0.717, 1.165) is 18.4 Å². The molecule has 4 N–H and O–H groups in total. The topological polar surface area (TPSA) is 107 Å². The van der Waals surface area contributed by atoms with Crippen LogP contribution in [-0.4, -0.2) is 39.7 Å². The molecule has 2 heterocycles. The zero-order valence-corrected chi connectivity index (χ0v) is 12.8. The summed E-state index contributed by atoms with van der Waals surface area (Å²) in [6.45, 7) is 6.84. The van der Waals surface area contributed by atoms with Gasteiger partial charge in [-0.05, 0) is 33.6 Å². The van der Waals surface area contributed by atoms with Crippen LogP contribution in [-0.2, 0) is 4.74 Å². The molecule has 1 fully saturated rings. The van der Waals surface area contributed by atoms with Gasteiger partial charge in [0.05, 0.1) is 0 Å². The number of ether oxygens (including phenoxy) is 1. The molecule has 1 aliphatic heterocycles. The number of amides is 1. The third-order valence-electron chi connectivity index (χ3n) is 3.38. The highest BCUT2D eigenvalue weighted by Gasteiger charge is 2.29. The maximum absolute atomic E-state index is 12.2. The Kier molecular flexibility index (Phi) is 4.20. The van der Waals surface area contributed by atoms with Crippen molar-refractivity contribution >= 4 is 17.9 Å². The normalized spacial score (nSPS) is 19.4. The first kappa shape index (κ1) is 15.3. The number of anilines is 2. The molecule has 0 aromatic carbocycles. The Hall–Kier alpha value is -2.05. The molecule has 0 radical (unpaired) electrons. The standard InChI is InChI=1S/C14H23N5O2/c1-14(2,3)21-13(20)19-6-4-5-9(8-19)10-7-17-12(16)18-11(10)15/h7,9H,4-6,8H2,1-3H3,(H4,15,16,17,18). The molecule has 1 amide bonds. The number of nitrogen functional groups attached to an aromatic ring is 2. The van der Waals surface area contributed by atoms with Crippen LogP contribution in [0.5, 0.6) is 0 Å². The van der Waals surface area contributed by atoms with E-state index in [-0.39, 0.29) is 18.0 Å². The molecule has 0 spiro atoms. The van der Waals surface area contributed by atoms with Crippen LogP contribution in [0.2, 0.25) is 0 Å². The van der Waals surface area contributed by atoms with E-state index in [1.807, 2.05) is 20.8 Å². The predicted molar refractivity (Wildman–Crippen MR) is 80.6 cm³/mol. The molecule has 1 saturated heterocycles. The van der Waals surface area contributed by atoms with E-state index in [1.165, 1.54) is 0 Å². The molecule has 1 aromatic heterocycles. The maximum Gasteiger partial charge on any atom is 0.410 e. The van der Waals surface area contributed by atoms with Crippen molar-refractivity contribution in [2.75, 3.05) is 24.6 Å². The van der Waals surface area contributed by atoms with Crippen molar-refractivity contribution in [2.45, 2.75) is 45.1 Å². The molecule has 7 heteroatoms. The van der Waals surface area contributed by atoms with E-state index in [2.05, 4.69) is 9.97 Å². The maximum atomic E-state index is 12.2. The Labute approximate surface area is 124 Å². The Balaban J connectivity index is 2.08. The molecule has 7 nitrogen and oxygen atoms in total. The summed E-state index contributed by atoms with van der Waals surface area (Å²) in [5.41, 5.74) is 11.8. The van der Waals surface area contributed by atoms with Gasteiger partial charge in [0.1, 0.15) is 11.4 Å². The SMILES string of the molecule is CC(C)(C)OC(=O)N1CCCC(c2cnc(N)nc2N)C1. The first-order chi connectivity index (χ1) is 9.76. The summed E-state index contributed by atoms with van der Waals surface area (Å²) in [4.78, 5) is 21.9. The van der Waals surface area contributed by atoms with Gasteiger partial charge in [0.2, 0.25) is 5.95 Å². The van der Waals surface area contributed by atoms with Crippen molar-refractivity contribution in [1.29, 1.82) is 0 Å². The third kappa shape index (κ3) is 3.96. The Bertz CT molecular complexity index is 527. The average molecular weight is 293 g/mol. The van der Waals surface area contributed by atoms with Gasteiger partial charge in [0.25, 0.3) is 0 Å². The highest BCUT2D eigenvalue weighted by Crippen LogP contribution is 2.30. The van der Waals surface area contributed by atoms with E-state index in [9.17, 15) is 4.79 Å². The molecule has 21 heavy (non-hydrogen) atoms. The van der Waals surface area contributed by atoms with Crippen LogP contribution >= 0.6 is 0 Å². The van der Waals surface area contributed by atoms with Gasteiger partial charge < -0.3 is 21.1 Å². The molecule has 0 aliphatic carbocycles. The second-order valence-corrected chi connectivity index (χ2v) is 6.33. The van der Waals surface area contributed by atoms with Gasteiger partial charge in [-0.1, -0.05) is 0 Å². The number of likely N-dealkylation sites (tertiary alicyclic amines) is 1. The van der Waals surface area contributed by atoms with Crippen LogP contribution in [0, 0.1) is 0 Å². The molecule has 0 bridgehead atoms. The fraction of sp³-hybridized carbons (Fsp3) is 0.643. The molecule has 116 valence electrons. The third-order valence-corrected chi connectivity index (χ3v) is 3.38. The zero-order chi connectivity index (χ0) is 15.6. The van der Waals surface area contributed by atoms with Gasteiger partial charge in [0.15, 0.2) is 0 Å². The number of nitrogens with zero attached hydrogens (tertiary/aromatic N) is 3. The van der Waals surface area contributed by atoms with Gasteiger partial charge in [0, 0.05) is 30.8 Å². The number of piperidine rings is 1. The molecular formula is C14H23N5O2. The van der Waals surface area contributed by atoms with E-state index in [4.69, 9.17) is 16.2 Å². The molecule has 2 rings (SSSR count). The summed E-state index contributed by atoms with van der Waals surface area (Å²) >= 11 is 0. The number of carbonyl (C=O) groups excluding carboxylic acids is 1. The lowest BCUT2D eigenvalue weighted by Gasteiger charge is -2.34. The van der Waals surface area contributed by atoms with Gasteiger partial charge >= 0.3 is 6.09 Å². The van der Waals surface area contributed by atoms with E-state index in [1.54, 1.807) is 11.1 Å². The molecule has 1 unspecified atom stereocenters. The van der Waals surface area contributed by atoms with E-state index < -0.39 is 5.60 Å². The molecule has 0 saturated carbocycles.